The summed E-state index contributed by atoms with van der Waals surface area (Å²) >= 11 is 0. The van der Waals surface area contributed by atoms with E-state index in [1.54, 1.807) is 0 Å². The molecule has 0 bridgehead atoms. The molecule has 3 heterocycles. The lowest BCUT2D eigenvalue weighted by Crippen LogP contribution is -2.50. The predicted molar refractivity (Wildman–Crippen MR) is 75.2 cm³/mol. The fraction of sp³-hybridized carbons (Fsp3) is 0.400. The van der Waals surface area contributed by atoms with Crippen molar-refractivity contribution in [1.82, 2.24) is 15.2 Å². The molecule has 1 aromatic heterocycles. The zero-order valence-corrected chi connectivity index (χ0v) is 11.1. The molecule has 0 radical (unpaired) electrons. The molecule has 2 aliphatic heterocycles. The van der Waals surface area contributed by atoms with E-state index in [1.165, 1.54) is 16.5 Å². The third kappa shape index (κ3) is 1.99. The molecule has 0 unspecified atom stereocenters. The highest BCUT2D eigenvalue weighted by Crippen LogP contribution is 2.23. The molecular formula is C15H17N3O2. The number of likely N-dealkylation sites (tertiary alicyclic amines) is 1. The molecule has 5 heteroatoms. The van der Waals surface area contributed by atoms with Crippen molar-refractivity contribution in [1.29, 1.82) is 0 Å². The first kappa shape index (κ1) is 11.9. The van der Waals surface area contributed by atoms with Crippen molar-refractivity contribution in [3.8, 4) is 0 Å². The number of hydrogen-bond acceptors (Lipinski definition) is 3. The van der Waals surface area contributed by atoms with Crippen molar-refractivity contribution >= 4 is 16.8 Å². The van der Waals surface area contributed by atoms with Crippen LogP contribution in [0.3, 0.4) is 0 Å². The van der Waals surface area contributed by atoms with Crippen molar-refractivity contribution in [2.75, 3.05) is 19.7 Å². The topological polar surface area (TPSA) is 57.4 Å². The van der Waals surface area contributed by atoms with Crippen LogP contribution in [-0.4, -0.2) is 47.6 Å². The van der Waals surface area contributed by atoms with E-state index in [1.807, 2.05) is 6.07 Å². The van der Waals surface area contributed by atoms with E-state index in [2.05, 4.69) is 39.6 Å². The van der Waals surface area contributed by atoms with Gasteiger partial charge in [0.2, 0.25) is 5.91 Å². The number of para-hydroxylation sites is 1. The van der Waals surface area contributed by atoms with E-state index in [0.717, 1.165) is 19.6 Å². The molecule has 2 aliphatic rings. The molecule has 2 fully saturated rings. The molecular weight excluding hydrogens is 254 g/mol. The van der Waals surface area contributed by atoms with Crippen LogP contribution in [0.15, 0.2) is 30.5 Å². The maximum atomic E-state index is 11.3. The summed E-state index contributed by atoms with van der Waals surface area (Å²) in [4.78, 5) is 17.0. The molecule has 5 nitrogen and oxygen atoms in total. The summed E-state index contributed by atoms with van der Waals surface area (Å²) in [6, 6.07) is 8.47. The molecule has 1 aromatic carbocycles. The van der Waals surface area contributed by atoms with Crippen LogP contribution in [0.1, 0.15) is 5.56 Å². The second-order valence-corrected chi connectivity index (χ2v) is 5.58. The molecule has 0 aliphatic carbocycles. The van der Waals surface area contributed by atoms with Crippen molar-refractivity contribution in [2.24, 2.45) is 0 Å². The first-order chi connectivity index (χ1) is 9.79. The van der Waals surface area contributed by atoms with Crippen LogP contribution in [0.2, 0.25) is 0 Å². The minimum absolute atomic E-state index is 0.000180. The van der Waals surface area contributed by atoms with Crippen LogP contribution in [-0.2, 0) is 16.1 Å². The van der Waals surface area contributed by atoms with Gasteiger partial charge in [-0.3, -0.25) is 9.69 Å². The van der Waals surface area contributed by atoms with E-state index in [4.69, 9.17) is 4.74 Å². The second-order valence-electron chi connectivity index (χ2n) is 5.58. The number of aromatic amines is 1. The summed E-state index contributed by atoms with van der Waals surface area (Å²) in [6.45, 7) is 2.82. The van der Waals surface area contributed by atoms with Gasteiger partial charge in [0.25, 0.3) is 0 Å². The maximum absolute atomic E-state index is 11.3. The Labute approximate surface area is 116 Å². The molecule has 2 saturated heterocycles. The number of benzene rings is 1. The lowest BCUT2D eigenvalue weighted by atomic mass is 10.1. The highest BCUT2D eigenvalue weighted by atomic mass is 16.5. The fourth-order valence-electron chi connectivity index (χ4n) is 3.22. The summed E-state index contributed by atoms with van der Waals surface area (Å²) in [5.41, 5.74) is 2.47. The number of rotatable bonds is 2. The molecule has 2 N–H and O–H groups in total. The normalized spacial score (nSPS) is 26.7. The Bertz CT molecular complexity index is 651. The van der Waals surface area contributed by atoms with Crippen LogP contribution in [0.5, 0.6) is 0 Å². The van der Waals surface area contributed by atoms with Gasteiger partial charge in [0, 0.05) is 36.7 Å². The molecule has 2 aromatic rings. The average molecular weight is 271 g/mol. The maximum Gasteiger partial charge on any atom is 0.246 e. The van der Waals surface area contributed by atoms with E-state index < -0.39 is 0 Å². The molecule has 0 spiro atoms. The Morgan fingerprint density at radius 3 is 3.15 bits per heavy atom. The van der Waals surface area contributed by atoms with Crippen LogP contribution < -0.4 is 5.32 Å². The monoisotopic (exact) mass is 271 g/mol. The molecule has 0 saturated carbocycles. The first-order valence-electron chi connectivity index (χ1n) is 6.98. The summed E-state index contributed by atoms with van der Waals surface area (Å²) in [6.07, 6.45) is 2.21. The summed E-state index contributed by atoms with van der Waals surface area (Å²) in [5.74, 6) is 0.000180. The fourth-order valence-corrected chi connectivity index (χ4v) is 3.22. The molecule has 20 heavy (non-hydrogen) atoms. The number of hydrogen-bond donors (Lipinski definition) is 2. The minimum Gasteiger partial charge on any atom is -0.365 e. The number of aromatic nitrogens is 1. The SMILES string of the molecule is O=C1CO[C@H]2CN(Cc3c[nH]c4ccccc34)C[C@H]2N1. The second kappa shape index (κ2) is 4.61. The number of nitrogens with one attached hydrogen (secondary N) is 2. The highest BCUT2D eigenvalue weighted by molar-refractivity contribution is 5.83. The summed E-state index contributed by atoms with van der Waals surface area (Å²) in [7, 11) is 0. The average Bonchev–Trinajstić information content (AvgIpc) is 3.03. The van der Waals surface area contributed by atoms with Gasteiger partial charge in [-0.15, -0.1) is 0 Å². The smallest absolute Gasteiger partial charge is 0.246 e. The standard InChI is InChI=1S/C15H17N3O2/c19-15-9-20-14-8-18(7-13(14)17-15)6-10-5-16-12-4-2-1-3-11(10)12/h1-5,13-14,16H,6-9H2,(H,17,19)/t13-,14+/m1/s1. The van der Waals surface area contributed by atoms with Crippen molar-refractivity contribution in [3.05, 3.63) is 36.0 Å². The Morgan fingerprint density at radius 2 is 2.20 bits per heavy atom. The van der Waals surface area contributed by atoms with E-state index in [0.29, 0.717) is 0 Å². The number of carbonyl (C=O) groups is 1. The highest BCUT2D eigenvalue weighted by Gasteiger charge is 2.37. The summed E-state index contributed by atoms with van der Waals surface area (Å²) < 4.78 is 5.59. The van der Waals surface area contributed by atoms with Gasteiger partial charge in [0.1, 0.15) is 6.61 Å². The number of fused-ring (bicyclic) bond motifs is 2. The Balaban J connectivity index is 1.51. The number of carbonyl (C=O) groups excluding carboxylic acids is 1. The van der Waals surface area contributed by atoms with Gasteiger partial charge < -0.3 is 15.0 Å². The molecule has 104 valence electrons. The number of ether oxygens (including phenoxy) is 1. The Kier molecular flexibility index (Phi) is 2.75. The number of morpholine rings is 1. The van der Waals surface area contributed by atoms with Gasteiger partial charge in [-0.05, 0) is 11.6 Å². The van der Waals surface area contributed by atoms with Gasteiger partial charge in [-0.2, -0.15) is 0 Å². The lowest BCUT2D eigenvalue weighted by molar-refractivity contribution is -0.134. The van der Waals surface area contributed by atoms with Crippen LogP contribution in [0.25, 0.3) is 10.9 Å². The van der Waals surface area contributed by atoms with E-state index >= 15 is 0 Å². The van der Waals surface area contributed by atoms with Crippen molar-refractivity contribution in [2.45, 2.75) is 18.7 Å². The number of nitrogens with zero attached hydrogens (tertiary/aromatic N) is 1. The largest absolute Gasteiger partial charge is 0.365 e. The zero-order chi connectivity index (χ0) is 13.5. The van der Waals surface area contributed by atoms with Crippen molar-refractivity contribution < 1.29 is 9.53 Å². The van der Waals surface area contributed by atoms with E-state index in [9.17, 15) is 4.79 Å². The van der Waals surface area contributed by atoms with Crippen molar-refractivity contribution in [3.63, 3.8) is 0 Å². The van der Waals surface area contributed by atoms with Crippen LogP contribution >= 0.6 is 0 Å². The van der Waals surface area contributed by atoms with Gasteiger partial charge >= 0.3 is 0 Å². The van der Waals surface area contributed by atoms with Gasteiger partial charge in [-0.25, -0.2) is 0 Å². The zero-order valence-electron chi connectivity index (χ0n) is 11.1. The number of H-pyrrole nitrogens is 1. The summed E-state index contributed by atoms with van der Waals surface area (Å²) in [5, 5.41) is 4.28. The number of amides is 1. The third-order valence-electron chi connectivity index (χ3n) is 4.19. The van der Waals surface area contributed by atoms with Gasteiger partial charge in [0.05, 0.1) is 12.1 Å². The van der Waals surface area contributed by atoms with Crippen LogP contribution in [0, 0.1) is 0 Å². The first-order valence-corrected chi connectivity index (χ1v) is 6.98. The molecule has 1 amide bonds. The van der Waals surface area contributed by atoms with Crippen LogP contribution in [0.4, 0.5) is 0 Å². The Hall–Kier alpha value is -1.85. The lowest BCUT2D eigenvalue weighted by Gasteiger charge is -2.25. The van der Waals surface area contributed by atoms with E-state index in [-0.39, 0.29) is 24.7 Å². The third-order valence-corrected chi connectivity index (χ3v) is 4.19. The molecule has 2 atom stereocenters. The minimum atomic E-state index is 0.000180. The quantitative estimate of drug-likeness (QED) is 0.852. The molecule has 4 rings (SSSR count). The van der Waals surface area contributed by atoms with Gasteiger partial charge in [0.15, 0.2) is 0 Å². The van der Waals surface area contributed by atoms with Gasteiger partial charge in [-0.1, -0.05) is 18.2 Å². The Morgan fingerprint density at radius 1 is 1.30 bits per heavy atom. The predicted octanol–water partition coefficient (Wildman–Crippen LogP) is 0.867.